The summed E-state index contributed by atoms with van der Waals surface area (Å²) in [6, 6.07) is 4.86. The molecule has 2 heterocycles. The Bertz CT molecular complexity index is 589. The normalized spacial score (nSPS) is 20.9. The first kappa shape index (κ1) is 18.4. The maximum absolute atomic E-state index is 13.0. The lowest BCUT2D eigenvalue weighted by molar-refractivity contribution is 0.0145. The van der Waals surface area contributed by atoms with Gasteiger partial charge in [-0.15, -0.1) is 0 Å². The van der Waals surface area contributed by atoms with Crippen LogP contribution in [0.3, 0.4) is 0 Å². The number of hydrogen-bond acceptors (Lipinski definition) is 3. The smallest absolute Gasteiger partial charge is 0.254 e. The number of carbonyl (C=O) groups excluding carboxylic acids is 1. The van der Waals surface area contributed by atoms with Crippen LogP contribution in [0.25, 0.3) is 0 Å². The number of amides is 1. The largest absolute Gasteiger partial charge is 0.381 e. The summed E-state index contributed by atoms with van der Waals surface area (Å²) in [5, 5.41) is 0. The van der Waals surface area contributed by atoms with E-state index in [9.17, 15) is 4.79 Å². The lowest BCUT2D eigenvalue weighted by atomic mass is 9.96. The van der Waals surface area contributed by atoms with Crippen LogP contribution in [-0.4, -0.2) is 61.1 Å². The van der Waals surface area contributed by atoms with E-state index in [1.54, 1.807) is 0 Å². The molecule has 138 valence electrons. The van der Waals surface area contributed by atoms with Gasteiger partial charge in [-0.1, -0.05) is 17.7 Å². The second-order valence-corrected chi connectivity index (χ2v) is 7.77. The first-order valence-electron chi connectivity index (χ1n) is 9.63. The third-order valence-corrected chi connectivity index (χ3v) is 5.97. The van der Waals surface area contributed by atoms with E-state index >= 15 is 0 Å². The highest BCUT2D eigenvalue weighted by atomic mass is 16.5. The predicted molar refractivity (Wildman–Crippen MR) is 101 cm³/mol. The summed E-state index contributed by atoms with van der Waals surface area (Å²) in [7, 11) is 1.82. The van der Waals surface area contributed by atoms with Crippen molar-refractivity contribution in [1.82, 2.24) is 9.80 Å². The first-order chi connectivity index (χ1) is 12.0. The van der Waals surface area contributed by atoms with Crippen LogP contribution >= 0.6 is 0 Å². The van der Waals surface area contributed by atoms with Gasteiger partial charge in [-0.25, -0.2) is 0 Å². The van der Waals surface area contributed by atoms with Crippen molar-refractivity contribution in [2.24, 2.45) is 0 Å². The lowest BCUT2D eigenvalue weighted by Crippen LogP contribution is -2.49. The third-order valence-electron chi connectivity index (χ3n) is 5.97. The Morgan fingerprint density at radius 1 is 0.960 bits per heavy atom. The van der Waals surface area contributed by atoms with Gasteiger partial charge in [0.1, 0.15) is 0 Å². The molecular formula is C21H32N2O2. The molecule has 2 saturated heterocycles. The molecule has 0 bridgehead atoms. The molecule has 0 saturated carbocycles. The number of hydrogen-bond donors (Lipinski definition) is 0. The van der Waals surface area contributed by atoms with Crippen LogP contribution in [0.2, 0.25) is 0 Å². The highest BCUT2D eigenvalue weighted by Gasteiger charge is 2.30. The molecule has 0 unspecified atom stereocenters. The van der Waals surface area contributed by atoms with Gasteiger partial charge in [0.25, 0.3) is 5.91 Å². The standard InChI is InChI=1S/C21H32N2O2/c1-15-13-16(2)20(17(3)14-15)21(24)23-9-5-18(6-10-23)22-11-7-19(25-4)8-12-22/h13-14,18-19H,5-12H2,1-4H3. The van der Waals surface area contributed by atoms with Gasteiger partial charge in [0.05, 0.1) is 6.10 Å². The van der Waals surface area contributed by atoms with E-state index in [0.717, 1.165) is 68.6 Å². The van der Waals surface area contributed by atoms with Crippen molar-refractivity contribution >= 4 is 5.91 Å². The van der Waals surface area contributed by atoms with Crippen LogP contribution in [0.4, 0.5) is 0 Å². The zero-order chi connectivity index (χ0) is 18.0. The number of likely N-dealkylation sites (tertiary alicyclic amines) is 2. The van der Waals surface area contributed by atoms with Gasteiger partial charge in [-0.2, -0.15) is 0 Å². The van der Waals surface area contributed by atoms with E-state index in [0.29, 0.717) is 12.1 Å². The molecule has 0 aromatic heterocycles. The Kier molecular flexibility index (Phi) is 5.80. The Morgan fingerprint density at radius 3 is 2.04 bits per heavy atom. The van der Waals surface area contributed by atoms with E-state index < -0.39 is 0 Å². The van der Waals surface area contributed by atoms with Crippen molar-refractivity contribution in [2.75, 3.05) is 33.3 Å². The van der Waals surface area contributed by atoms with Crippen LogP contribution in [0.1, 0.15) is 52.7 Å². The number of carbonyl (C=O) groups is 1. The number of rotatable bonds is 3. The van der Waals surface area contributed by atoms with Gasteiger partial charge in [0.15, 0.2) is 0 Å². The van der Waals surface area contributed by atoms with Crippen molar-refractivity contribution in [3.8, 4) is 0 Å². The Hall–Kier alpha value is -1.39. The van der Waals surface area contributed by atoms with Crippen molar-refractivity contribution < 1.29 is 9.53 Å². The molecule has 2 aliphatic rings. The van der Waals surface area contributed by atoms with Gasteiger partial charge in [0, 0.05) is 44.9 Å². The third kappa shape index (κ3) is 4.06. The van der Waals surface area contributed by atoms with E-state index in [-0.39, 0.29) is 5.91 Å². The number of benzene rings is 1. The van der Waals surface area contributed by atoms with Gasteiger partial charge in [-0.3, -0.25) is 4.79 Å². The summed E-state index contributed by atoms with van der Waals surface area (Å²) in [5.41, 5.74) is 4.34. The van der Waals surface area contributed by atoms with Crippen molar-refractivity contribution in [2.45, 2.75) is 58.6 Å². The number of ether oxygens (including phenoxy) is 1. The molecule has 25 heavy (non-hydrogen) atoms. The van der Waals surface area contributed by atoms with E-state index in [1.165, 1.54) is 5.56 Å². The second kappa shape index (κ2) is 7.88. The topological polar surface area (TPSA) is 32.8 Å². The fourth-order valence-corrected chi connectivity index (χ4v) is 4.59. The van der Waals surface area contributed by atoms with Gasteiger partial charge < -0.3 is 14.5 Å². The molecule has 0 spiro atoms. The quantitative estimate of drug-likeness (QED) is 0.843. The van der Waals surface area contributed by atoms with Gasteiger partial charge in [0.2, 0.25) is 0 Å². The van der Waals surface area contributed by atoms with Crippen molar-refractivity contribution in [1.29, 1.82) is 0 Å². The Balaban J connectivity index is 1.58. The van der Waals surface area contributed by atoms with E-state index in [4.69, 9.17) is 4.74 Å². The van der Waals surface area contributed by atoms with Gasteiger partial charge >= 0.3 is 0 Å². The van der Waals surface area contributed by atoms with Gasteiger partial charge in [-0.05, 0) is 57.6 Å². The average molecular weight is 344 g/mol. The summed E-state index contributed by atoms with van der Waals surface area (Å²) in [4.78, 5) is 17.7. The Morgan fingerprint density at radius 2 is 1.52 bits per heavy atom. The Labute approximate surface area is 152 Å². The zero-order valence-electron chi connectivity index (χ0n) is 16.2. The van der Waals surface area contributed by atoms with Crippen LogP contribution < -0.4 is 0 Å². The molecule has 4 heteroatoms. The number of piperidine rings is 2. The van der Waals surface area contributed by atoms with Crippen molar-refractivity contribution in [3.05, 3.63) is 34.4 Å². The van der Waals surface area contributed by atoms with Crippen LogP contribution in [-0.2, 0) is 4.74 Å². The lowest BCUT2D eigenvalue weighted by Gasteiger charge is -2.41. The minimum atomic E-state index is 0.214. The highest BCUT2D eigenvalue weighted by molar-refractivity contribution is 5.97. The monoisotopic (exact) mass is 344 g/mol. The fraction of sp³-hybridized carbons (Fsp3) is 0.667. The second-order valence-electron chi connectivity index (χ2n) is 7.77. The molecule has 0 atom stereocenters. The molecule has 0 radical (unpaired) electrons. The molecule has 0 N–H and O–H groups in total. The molecule has 3 rings (SSSR count). The fourth-order valence-electron chi connectivity index (χ4n) is 4.59. The number of aryl methyl sites for hydroxylation is 3. The SMILES string of the molecule is COC1CCN(C2CCN(C(=O)c3c(C)cc(C)cc3C)CC2)CC1. The molecule has 1 amide bonds. The molecule has 4 nitrogen and oxygen atoms in total. The van der Waals surface area contributed by atoms with E-state index in [2.05, 4.69) is 42.7 Å². The number of nitrogens with zero attached hydrogens (tertiary/aromatic N) is 2. The van der Waals surface area contributed by atoms with E-state index in [1.807, 2.05) is 7.11 Å². The highest BCUT2D eigenvalue weighted by Crippen LogP contribution is 2.25. The zero-order valence-corrected chi connectivity index (χ0v) is 16.2. The van der Waals surface area contributed by atoms with Crippen LogP contribution in [0.15, 0.2) is 12.1 Å². The summed E-state index contributed by atoms with van der Waals surface area (Å²) in [6.45, 7) is 10.2. The molecule has 0 aliphatic carbocycles. The maximum Gasteiger partial charge on any atom is 0.254 e. The first-order valence-corrected chi connectivity index (χ1v) is 9.63. The van der Waals surface area contributed by atoms with Crippen LogP contribution in [0.5, 0.6) is 0 Å². The molecule has 1 aromatic rings. The number of methoxy groups -OCH3 is 1. The maximum atomic E-state index is 13.0. The minimum Gasteiger partial charge on any atom is -0.381 e. The average Bonchev–Trinajstić information content (AvgIpc) is 2.61. The predicted octanol–water partition coefficient (Wildman–Crippen LogP) is 3.33. The van der Waals surface area contributed by atoms with Crippen molar-refractivity contribution in [3.63, 3.8) is 0 Å². The summed E-state index contributed by atoms with van der Waals surface area (Å²) in [5.74, 6) is 0.214. The minimum absolute atomic E-state index is 0.214. The van der Waals surface area contributed by atoms with Crippen LogP contribution in [0, 0.1) is 20.8 Å². The molecular weight excluding hydrogens is 312 g/mol. The molecule has 2 fully saturated rings. The molecule has 2 aliphatic heterocycles. The summed E-state index contributed by atoms with van der Waals surface area (Å²) >= 11 is 0. The summed E-state index contributed by atoms with van der Waals surface area (Å²) in [6.07, 6.45) is 4.89. The summed E-state index contributed by atoms with van der Waals surface area (Å²) < 4.78 is 5.48. The molecule has 1 aromatic carbocycles.